The molecule has 15 heavy (non-hydrogen) atoms. The maximum atomic E-state index is 11.6. The molecule has 0 aromatic carbocycles. The average Bonchev–Trinajstić information content (AvgIpc) is 2.84. The standard InChI is InChI=1S/C9H13N3O2S/c10-9-12-7(5-15-9)8(13)11-3-6-1-2-14-4-6/h5-6H,1-4H2,(H2,10,12)(H,11,13). The summed E-state index contributed by atoms with van der Waals surface area (Å²) in [6.45, 7) is 2.18. The number of amides is 1. The second-order valence-electron chi connectivity index (χ2n) is 3.51. The van der Waals surface area contributed by atoms with Crippen molar-refractivity contribution in [3.8, 4) is 0 Å². The van der Waals surface area contributed by atoms with Crippen molar-refractivity contribution >= 4 is 22.4 Å². The van der Waals surface area contributed by atoms with E-state index < -0.39 is 0 Å². The number of nitrogen functional groups attached to an aromatic ring is 1. The summed E-state index contributed by atoms with van der Waals surface area (Å²) in [4.78, 5) is 15.5. The van der Waals surface area contributed by atoms with E-state index in [0.29, 0.717) is 23.3 Å². The van der Waals surface area contributed by atoms with E-state index in [-0.39, 0.29) is 5.91 Å². The van der Waals surface area contributed by atoms with Gasteiger partial charge in [-0.3, -0.25) is 4.79 Å². The van der Waals surface area contributed by atoms with Gasteiger partial charge in [0.25, 0.3) is 5.91 Å². The molecule has 1 saturated heterocycles. The van der Waals surface area contributed by atoms with Gasteiger partial charge in [0.15, 0.2) is 5.13 Å². The molecular weight excluding hydrogens is 214 g/mol. The molecule has 1 fully saturated rings. The Balaban J connectivity index is 1.81. The molecule has 5 nitrogen and oxygen atoms in total. The number of ether oxygens (including phenoxy) is 1. The van der Waals surface area contributed by atoms with Gasteiger partial charge < -0.3 is 15.8 Å². The first-order chi connectivity index (χ1) is 7.25. The van der Waals surface area contributed by atoms with Crippen LogP contribution in [0.4, 0.5) is 5.13 Å². The van der Waals surface area contributed by atoms with E-state index in [2.05, 4.69) is 10.3 Å². The Bertz CT molecular complexity index is 347. The fourth-order valence-corrected chi connectivity index (χ4v) is 2.01. The zero-order valence-corrected chi connectivity index (χ0v) is 9.05. The van der Waals surface area contributed by atoms with Gasteiger partial charge in [-0.15, -0.1) is 11.3 Å². The number of aromatic nitrogens is 1. The molecule has 1 aliphatic rings. The monoisotopic (exact) mass is 227 g/mol. The molecule has 0 saturated carbocycles. The number of nitrogens with two attached hydrogens (primary N) is 1. The number of rotatable bonds is 3. The van der Waals surface area contributed by atoms with Gasteiger partial charge in [0.1, 0.15) is 5.69 Å². The smallest absolute Gasteiger partial charge is 0.270 e. The van der Waals surface area contributed by atoms with Crippen molar-refractivity contribution < 1.29 is 9.53 Å². The van der Waals surface area contributed by atoms with Gasteiger partial charge in [0.2, 0.25) is 0 Å². The zero-order valence-electron chi connectivity index (χ0n) is 8.23. The maximum absolute atomic E-state index is 11.6. The van der Waals surface area contributed by atoms with Crippen LogP contribution in [0, 0.1) is 5.92 Å². The van der Waals surface area contributed by atoms with Crippen LogP contribution in [0.1, 0.15) is 16.9 Å². The number of hydrogen-bond acceptors (Lipinski definition) is 5. The molecule has 2 rings (SSSR count). The van der Waals surface area contributed by atoms with E-state index in [1.165, 1.54) is 11.3 Å². The summed E-state index contributed by atoms with van der Waals surface area (Å²) in [5.41, 5.74) is 5.84. The minimum Gasteiger partial charge on any atom is -0.381 e. The van der Waals surface area contributed by atoms with E-state index in [4.69, 9.17) is 10.5 Å². The molecule has 0 aliphatic carbocycles. The van der Waals surface area contributed by atoms with Gasteiger partial charge in [0.05, 0.1) is 6.61 Å². The van der Waals surface area contributed by atoms with E-state index in [1.54, 1.807) is 5.38 Å². The molecule has 0 radical (unpaired) electrons. The van der Waals surface area contributed by atoms with Crippen molar-refractivity contribution in [3.05, 3.63) is 11.1 Å². The Morgan fingerprint density at radius 2 is 2.67 bits per heavy atom. The maximum Gasteiger partial charge on any atom is 0.270 e. The Morgan fingerprint density at radius 3 is 3.27 bits per heavy atom. The van der Waals surface area contributed by atoms with Crippen LogP contribution in [-0.4, -0.2) is 30.6 Å². The second-order valence-corrected chi connectivity index (χ2v) is 4.40. The average molecular weight is 227 g/mol. The van der Waals surface area contributed by atoms with Crippen molar-refractivity contribution in [2.75, 3.05) is 25.5 Å². The SMILES string of the molecule is Nc1nc(C(=O)NCC2CCOC2)cs1. The molecule has 1 aromatic heterocycles. The molecule has 0 bridgehead atoms. The zero-order chi connectivity index (χ0) is 10.7. The van der Waals surface area contributed by atoms with Crippen molar-refractivity contribution in [2.45, 2.75) is 6.42 Å². The summed E-state index contributed by atoms with van der Waals surface area (Å²) in [5.74, 6) is 0.278. The molecule has 1 unspecified atom stereocenters. The predicted octanol–water partition coefficient (Wildman–Crippen LogP) is 0.492. The lowest BCUT2D eigenvalue weighted by atomic mass is 10.1. The first-order valence-electron chi connectivity index (χ1n) is 4.82. The largest absolute Gasteiger partial charge is 0.381 e. The Morgan fingerprint density at radius 1 is 1.80 bits per heavy atom. The van der Waals surface area contributed by atoms with Crippen LogP contribution in [-0.2, 0) is 4.74 Å². The van der Waals surface area contributed by atoms with Crippen LogP contribution in [0.5, 0.6) is 0 Å². The number of anilines is 1. The Kier molecular flexibility index (Phi) is 3.17. The summed E-state index contributed by atoms with van der Waals surface area (Å²) in [6, 6.07) is 0. The van der Waals surface area contributed by atoms with Crippen LogP contribution < -0.4 is 11.1 Å². The molecule has 1 aliphatic heterocycles. The van der Waals surface area contributed by atoms with Gasteiger partial charge in [-0.1, -0.05) is 0 Å². The molecule has 2 heterocycles. The minimum atomic E-state index is -0.158. The third kappa shape index (κ3) is 2.66. The topological polar surface area (TPSA) is 77.2 Å². The third-order valence-corrected chi connectivity index (χ3v) is 3.00. The lowest BCUT2D eigenvalue weighted by molar-refractivity contribution is 0.0941. The highest BCUT2D eigenvalue weighted by atomic mass is 32.1. The van der Waals surface area contributed by atoms with Gasteiger partial charge in [0, 0.05) is 24.4 Å². The Hall–Kier alpha value is -1.14. The lowest BCUT2D eigenvalue weighted by Gasteiger charge is -2.07. The fourth-order valence-electron chi connectivity index (χ4n) is 1.46. The van der Waals surface area contributed by atoms with Crippen LogP contribution in [0.2, 0.25) is 0 Å². The van der Waals surface area contributed by atoms with Crippen molar-refractivity contribution in [1.29, 1.82) is 0 Å². The minimum absolute atomic E-state index is 0.158. The van der Waals surface area contributed by atoms with E-state index in [0.717, 1.165) is 19.6 Å². The first kappa shape index (κ1) is 10.4. The van der Waals surface area contributed by atoms with Crippen LogP contribution in [0.3, 0.4) is 0 Å². The number of nitrogens with zero attached hydrogens (tertiary/aromatic N) is 1. The summed E-state index contributed by atoms with van der Waals surface area (Å²) < 4.78 is 5.21. The lowest BCUT2D eigenvalue weighted by Crippen LogP contribution is -2.29. The molecule has 6 heteroatoms. The van der Waals surface area contributed by atoms with Crippen LogP contribution in [0.25, 0.3) is 0 Å². The third-order valence-electron chi connectivity index (χ3n) is 2.33. The summed E-state index contributed by atoms with van der Waals surface area (Å²) in [6.07, 6.45) is 1.01. The van der Waals surface area contributed by atoms with Gasteiger partial charge >= 0.3 is 0 Å². The van der Waals surface area contributed by atoms with E-state index in [9.17, 15) is 4.79 Å². The quantitative estimate of drug-likeness (QED) is 0.788. The van der Waals surface area contributed by atoms with Crippen LogP contribution in [0.15, 0.2) is 5.38 Å². The number of nitrogens with one attached hydrogen (secondary N) is 1. The van der Waals surface area contributed by atoms with E-state index in [1.807, 2.05) is 0 Å². The second kappa shape index (κ2) is 4.59. The molecule has 1 amide bonds. The van der Waals surface area contributed by atoms with Crippen LogP contribution >= 0.6 is 11.3 Å². The van der Waals surface area contributed by atoms with Crippen molar-refractivity contribution in [3.63, 3.8) is 0 Å². The number of carbonyl (C=O) groups excluding carboxylic acids is 1. The van der Waals surface area contributed by atoms with Gasteiger partial charge in [-0.25, -0.2) is 4.98 Å². The molecule has 0 spiro atoms. The number of carbonyl (C=O) groups is 1. The molecule has 82 valence electrons. The van der Waals surface area contributed by atoms with E-state index >= 15 is 0 Å². The molecule has 3 N–H and O–H groups in total. The predicted molar refractivity (Wildman–Crippen MR) is 57.8 cm³/mol. The normalized spacial score (nSPS) is 20.4. The first-order valence-corrected chi connectivity index (χ1v) is 5.70. The van der Waals surface area contributed by atoms with Crippen molar-refractivity contribution in [2.24, 2.45) is 5.92 Å². The Labute approximate surface area is 91.6 Å². The number of thiazole rings is 1. The molecule has 1 atom stereocenters. The summed E-state index contributed by atoms with van der Waals surface area (Å²) in [7, 11) is 0. The highest BCUT2D eigenvalue weighted by Gasteiger charge is 2.17. The molecule has 1 aromatic rings. The number of hydrogen-bond donors (Lipinski definition) is 2. The summed E-state index contributed by atoms with van der Waals surface area (Å²) >= 11 is 1.27. The highest BCUT2D eigenvalue weighted by molar-refractivity contribution is 7.13. The van der Waals surface area contributed by atoms with Crippen molar-refractivity contribution in [1.82, 2.24) is 10.3 Å². The van der Waals surface area contributed by atoms with Gasteiger partial charge in [-0.2, -0.15) is 0 Å². The highest BCUT2D eigenvalue weighted by Crippen LogP contribution is 2.12. The van der Waals surface area contributed by atoms with Gasteiger partial charge in [-0.05, 0) is 6.42 Å². The molecular formula is C9H13N3O2S. The fraction of sp³-hybridized carbons (Fsp3) is 0.556. The summed E-state index contributed by atoms with van der Waals surface area (Å²) in [5, 5.41) is 4.91.